The van der Waals surface area contributed by atoms with Crippen LogP contribution in [0, 0.1) is 0 Å². The summed E-state index contributed by atoms with van der Waals surface area (Å²) in [5.41, 5.74) is 2.96. The van der Waals surface area contributed by atoms with Crippen molar-refractivity contribution in [3.63, 3.8) is 0 Å². The third kappa shape index (κ3) is 4.71. The molecular formula is C22H24N2O4S2. The molecule has 0 saturated carbocycles. The zero-order valence-electron chi connectivity index (χ0n) is 17.4. The molecule has 1 saturated heterocycles. The van der Waals surface area contributed by atoms with E-state index in [2.05, 4.69) is 24.4 Å². The Bertz CT molecular complexity index is 949. The van der Waals surface area contributed by atoms with Crippen molar-refractivity contribution >= 4 is 46.0 Å². The lowest BCUT2D eigenvalue weighted by Crippen LogP contribution is -2.33. The summed E-state index contributed by atoms with van der Waals surface area (Å²) >= 11 is 6.69. The second-order valence-corrected chi connectivity index (χ2v) is 8.13. The Morgan fingerprint density at radius 2 is 1.70 bits per heavy atom. The molecule has 0 atom stereocenters. The van der Waals surface area contributed by atoms with Gasteiger partial charge in [0.05, 0.1) is 32.9 Å². The maximum Gasteiger partial charge on any atom is 0.267 e. The normalized spacial score (nSPS) is 14.9. The van der Waals surface area contributed by atoms with E-state index in [-0.39, 0.29) is 5.91 Å². The van der Waals surface area contributed by atoms with Crippen molar-refractivity contribution in [2.75, 3.05) is 33.3 Å². The smallest absolute Gasteiger partial charge is 0.267 e. The van der Waals surface area contributed by atoms with E-state index in [0.717, 1.165) is 17.7 Å². The summed E-state index contributed by atoms with van der Waals surface area (Å²) in [5, 5.41) is 3.26. The van der Waals surface area contributed by atoms with Crippen LogP contribution in [0.2, 0.25) is 0 Å². The number of carbonyl (C=O) groups is 1. The highest BCUT2D eigenvalue weighted by atomic mass is 32.2. The average Bonchev–Trinajstić information content (AvgIpc) is 3.04. The summed E-state index contributed by atoms with van der Waals surface area (Å²) in [6, 6.07) is 11.7. The molecule has 1 amide bonds. The lowest BCUT2D eigenvalue weighted by molar-refractivity contribution is -0.121. The molecule has 1 N–H and O–H groups in total. The van der Waals surface area contributed by atoms with Gasteiger partial charge in [0, 0.05) is 5.69 Å². The van der Waals surface area contributed by atoms with E-state index in [9.17, 15) is 4.79 Å². The topological polar surface area (TPSA) is 60.0 Å². The monoisotopic (exact) mass is 444 g/mol. The number of anilines is 1. The van der Waals surface area contributed by atoms with E-state index in [1.807, 2.05) is 12.1 Å². The van der Waals surface area contributed by atoms with E-state index >= 15 is 0 Å². The summed E-state index contributed by atoms with van der Waals surface area (Å²) in [6.45, 7) is 2.42. The predicted molar refractivity (Wildman–Crippen MR) is 125 cm³/mol. The van der Waals surface area contributed by atoms with Crippen molar-refractivity contribution in [2.45, 2.75) is 13.3 Å². The molecule has 1 fully saturated rings. The molecule has 1 aliphatic rings. The molecule has 3 rings (SSSR count). The van der Waals surface area contributed by atoms with Crippen LogP contribution in [0.15, 0.2) is 41.3 Å². The zero-order chi connectivity index (χ0) is 21.7. The van der Waals surface area contributed by atoms with Gasteiger partial charge < -0.3 is 19.5 Å². The minimum Gasteiger partial charge on any atom is -0.493 e. The number of nitrogens with zero attached hydrogens (tertiary/aromatic N) is 1. The van der Waals surface area contributed by atoms with Crippen LogP contribution in [0.1, 0.15) is 18.1 Å². The second-order valence-electron chi connectivity index (χ2n) is 6.45. The number of carbonyl (C=O) groups excluding carboxylic acids is 1. The van der Waals surface area contributed by atoms with E-state index < -0.39 is 0 Å². The Kier molecular flexibility index (Phi) is 7.23. The largest absolute Gasteiger partial charge is 0.493 e. The Labute approximate surface area is 186 Å². The van der Waals surface area contributed by atoms with Crippen molar-refractivity contribution in [1.82, 2.24) is 4.90 Å². The number of hydrogen-bond acceptors (Lipinski definition) is 7. The first-order valence-electron chi connectivity index (χ1n) is 9.38. The number of nitrogens with one attached hydrogen (secondary N) is 1. The van der Waals surface area contributed by atoms with Crippen LogP contribution in [-0.4, -0.2) is 43.1 Å². The van der Waals surface area contributed by atoms with Gasteiger partial charge in [-0.25, -0.2) is 0 Å². The Hall–Kier alpha value is -2.71. The average molecular weight is 445 g/mol. The summed E-state index contributed by atoms with van der Waals surface area (Å²) in [4.78, 5) is 15.0. The first kappa shape index (κ1) is 22.0. The van der Waals surface area contributed by atoms with E-state index in [4.69, 9.17) is 26.4 Å². The number of aryl methyl sites for hydroxylation is 1. The van der Waals surface area contributed by atoms with Crippen molar-refractivity contribution in [3.8, 4) is 17.2 Å². The van der Waals surface area contributed by atoms with Crippen LogP contribution in [-0.2, 0) is 11.2 Å². The van der Waals surface area contributed by atoms with Gasteiger partial charge >= 0.3 is 0 Å². The van der Waals surface area contributed by atoms with E-state index in [1.165, 1.54) is 17.3 Å². The fourth-order valence-electron chi connectivity index (χ4n) is 3.00. The fourth-order valence-corrected chi connectivity index (χ4v) is 4.26. The number of amides is 1. The molecule has 0 radical (unpaired) electrons. The maximum absolute atomic E-state index is 12.9. The molecule has 1 heterocycles. The number of thiocarbonyl (C=S) groups is 1. The third-order valence-corrected chi connectivity index (χ3v) is 6.04. The van der Waals surface area contributed by atoms with E-state index in [1.54, 1.807) is 44.4 Å². The zero-order valence-corrected chi connectivity index (χ0v) is 19.0. The Morgan fingerprint density at radius 3 is 2.23 bits per heavy atom. The van der Waals surface area contributed by atoms with Crippen molar-refractivity contribution in [3.05, 3.63) is 52.4 Å². The highest BCUT2D eigenvalue weighted by Crippen LogP contribution is 2.40. The second kappa shape index (κ2) is 9.86. The third-order valence-electron chi connectivity index (χ3n) is 4.66. The van der Waals surface area contributed by atoms with Gasteiger partial charge in [0.1, 0.15) is 4.32 Å². The lowest BCUT2D eigenvalue weighted by Gasteiger charge is -2.16. The number of benzene rings is 2. The lowest BCUT2D eigenvalue weighted by atomic mass is 10.1. The Morgan fingerprint density at radius 1 is 1.07 bits per heavy atom. The van der Waals surface area contributed by atoms with E-state index in [0.29, 0.717) is 33.1 Å². The molecule has 0 unspecified atom stereocenters. The molecule has 0 spiro atoms. The number of hydrogen-bond donors (Lipinski definition) is 1. The standard InChI is InChI=1S/C22H24N2O4S2/c1-5-14-6-8-16(9-7-14)23-13-24-21(25)19(30-22(24)29)12-15-10-17(26-2)20(28-4)18(11-15)27-3/h6-12,23H,5,13H2,1-4H3. The van der Waals surface area contributed by atoms with Crippen LogP contribution in [0.25, 0.3) is 6.08 Å². The highest BCUT2D eigenvalue weighted by Gasteiger charge is 2.32. The van der Waals surface area contributed by atoms with Crippen molar-refractivity contribution in [1.29, 1.82) is 0 Å². The van der Waals surface area contributed by atoms with Crippen molar-refractivity contribution in [2.24, 2.45) is 0 Å². The molecule has 158 valence electrons. The van der Waals surface area contributed by atoms with Gasteiger partial charge in [-0.3, -0.25) is 9.69 Å². The number of thioether (sulfide) groups is 1. The Balaban J connectivity index is 1.77. The van der Waals surface area contributed by atoms with Crippen LogP contribution in [0.3, 0.4) is 0 Å². The highest BCUT2D eigenvalue weighted by molar-refractivity contribution is 8.26. The van der Waals surface area contributed by atoms with Gasteiger partial charge in [-0.1, -0.05) is 43.0 Å². The van der Waals surface area contributed by atoms with Gasteiger partial charge in [0.2, 0.25) is 5.75 Å². The van der Waals surface area contributed by atoms with Gasteiger partial charge in [-0.2, -0.15) is 0 Å². The molecule has 0 aromatic heterocycles. The van der Waals surface area contributed by atoms with Gasteiger partial charge in [-0.15, -0.1) is 0 Å². The molecule has 6 nitrogen and oxygen atoms in total. The SMILES string of the molecule is CCc1ccc(NCN2C(=O)C(=Cc3cc(OC)c(OC)c(OC)c3)SC2=S)cc1. The summed E-state index contributed by atoms with van der Waals surface area (Å²) in [6.07, 6.45) is 2.76. The van der Waals surface area contributed by atoms with Crippen LogP contribution < -0.4 is 19.5 Å². The quantitative estimate of drug-likeness (QED) is 0.474. The van der Waals surface area contributed by atoms with Gasteiger partial charge in [-0.05, 0) is 47.9 Å². The molecule has 2 aromatic rings. The minimum absolute atomic E-state index is 0.142. The fraction of sp³-hybridized carbons (Fsp3) is 0.273. The van der Waals surface area contributed by atoms with Crippen LogP contribution in [0.4, 0.5) is 5.69 Å². The van der Waals surface area contributed by atoms with Crippen LogP contribution in [0.5, 0.6) is 17.2 Å². The molecule has 8 heteroatoms. The molecule has 30 heavy (non-hydrogen) atoms. The summed E-state index contributed by atoms with van der Waals surface area (Å²) in [5.74, 6) is 1.41. The summed E-state index contributed by atoms with van der Waals surface area (Å²) < 4.78 is 16.6. The number of ether oxygens (including phenoxy) is 3. The van der Waals surface area contributed by atoms with Crippen molar-refractivity contribution < 1.29 is 19.0 Å². The predicted octanol–water partition coefficient (Wildman–Crippen LogP) is 4.55. The maximum atomic E-state index is 12.9. The minimum atomic E-state index is -0.142. The molecular weight excluding hydrogens is 420 g/mol. The van der Waals surface area contributed by atoms with Crippen LogP contribution >= 0.6 is 24.0 Å². The molecule has 1 aliphatic heterocycles. The molecule has 0 bridgehead atoms. The number of rotatable bonds is 8. The molecule has 2 aromatic carbocycles. The first-order valence-corrected chi connectivity index (χ1v) is 10.6. The molecule has 0 aliphatic carbocycles. The van der Waals surface area contributed by atoms with Gasteiger partial charge in [0.25, 0.3) is 5.91 Å². The first-order chi connectivity index (χ1) is 14.5. The van der Waals surface area contributed by atoms with Gasteiger partial charge in [0.15, 0.2) is 11.5 Å². The summed E-state index contributed by atoms with van der Waals surface area (Å²) in [7, 11) is 4.66. The number of methoxy groups -OCH3 is 3.